The number of amides is 3. The third-order valence-corrected chi connectivity index (χ3v) is 3.17. The fourth-order valence-corrected chi connectivity index (χ4v) is 2.22. The Hall–Kier alpha value is -2.31. The van der Waals surface area contributed by atoms with Gasteiger partial charge in [0.15, 0.2) is 5.82 Å². The Labute approximate surface area is 152 Å². The number of imide groups is 1. The van der Waals surface area contributed by atoms with Crippen LogP contribution in [0.1, 0.15) is 48.0 Å². The van der Waals surface area contributed by atoms with Crippen LogP contribution in [0, 0.1) is 0 Å². The molecule has 1 N–H and O–H groups in total. The highest BCUT2D eigenvalue weighted by molar-refractivity contribution is 6.33. The number of nitrogens with one attached hydrogen (secondary N) is 1. The van der Waals surface area contributed by atoms with Crippen LogP contribution < -0.4 is 15.7 Å². The molecule has 2 heterocycles. The largest absolute Gasteiger partial charge is 0.329 e. The molecule has 7 heteroatoms. The molecule has 25 heavy (non-hydrogen) atoms. The van der Waals surface area contributed by atoms with E-state index in [2.05, 4.69) is 10.4 Å². The lowest BCUT2D eigenvalue weighted by molar-refractivity contribution is -0.120. The first-order valence-corrected chi connectivity index (χ1v) is 8.90. The number of benzene rings is 1. The van der Waals surface area contributed by atoms with Crippen molar-refractivity contribution in [3.63, 3.8) is 0 Å². The first-order valence-electron chi connectivity index (χ1n) is 8.90. The molecule has 1 saturated heterocycles. The Bertz CT molecular complexity index is 698. The summed E-state index contributed by atoms with van der Waals surface area (Å²) in [5.74, 6) is 0.285. The summed E-state index contributed by atoms with van der Waals surface area (Å²) in [4.78, 5) is 24.5. The maximum atomic E-state index is 11.8. The summed E-state index contributed by atoms with van der Waals surface area (Å²) in [6, 6.07) is 4.96. The van der Waals surface area contributed by atoms with Gasteiger partial charge in [0.2, 0.25) is 5.91 Å². The highest BCUT2D eigenvalue weighted by atomic mass is 16.2. The molecule has 1 aliphatic rings. The molecule has 0 atom stereocenters. The predicted octanol–water partition coefficient (Wildman–Crippen LogP) is 2.89. The summed E-state index contributed by atoms with van der Waals surface area (Å²) in [6.45, 7) is 12.3. The maximum Gasteiger partial charge on any atom is 0.329 e. The molecule has 1 aromatic carbocycles. The number of nitrogens with zero attached hydrogens (tertiary/aromatic N) is 3. The molecule has 0 spiro atoms. The molecule has 3 amide bonds. The summed E-state index contributed by atoms with van der Waals surface area (Å²) in [5.41, 5.74) is 1.49. The van der Waals surface area contributed by atoms with Gasteiger partial charge in [-0.15, -0.1) is 0 Å². The molecule has 0 saturated carbocycles. The van der Waals surface area contributed by atoms with Crippen LogP contribution in [-0.4, -0.2) is 36.1 Å². The lowest BCUT2D eigenvalue weighted by Crippen LogP contribution is -2.49. The number of hydrogen-bond acceptors (Lipinski definition) is 3. The molecule has 1 aromatic heterocycles. The van der Waals surface area contributed by atoms with Crippen molar-refractivity contribution in [2.45, 2.75) is 48.0 Å². The highest BCUT2D eigenvalue weighted by Gasteiger charge is 2.27. The second kappa shape index (κ2) is 11.3. The Morgan fingerprint density at radius 1 is 1.08 bits per heavy atom. The smallest absolute Gasteiger partial charge is 0.278 e. The number of anilines is 1. The lowest BCUT2D eigenvalue weighted by Gasteiger charge is -2.24. The van der Waals surface area contributed by atoms with E-state index in [-0.39, 0.29) is 12.3 Å². The van der Waals surface area contributed by atoms with Crippen molar-refractivity contribution in [2.24, 2.45) is 7.05 Å². The SMILES string of the molecule is CC.CC.CC.[B]c1ccc2c(N3CCC(=O)NC3=O)nn(C)c2c1. The number of rotatable bonds is 1. The highest BCUT2D eigenvalue weighted by Crippen LogP contribution is 2.25. The zero-order valence-corrected chi connectivity index (χ0v) is 16.4. The van der Waals surface area contributed by atoms with Crippen LogP contribution in [0.4, 0.5) is 10.6 Å². The van der Waals surface area contributed by atoms with Crippen molar-refractivity contribution in [3.8, 4) is 0 Å². The van der Waals surface area contributed by atoms with Crippen molar-refractivity contribution in [2.75, 3.05) is 11.4 Å². The van der Waals surface area contributed by atoms with Gasteiger partial charge in [0.1, 0.15) is 7.85 Å². The second-order valence-electron chi connectivity index (χ2n) is 4.48. The van der Waals surface area contributed by atoms with Gasteiger partial charge >= 0.3 is 6.03 Å². The fraction of sp³-hybridized carbons (Fsp3) is 0.500. The molecule has 6 nitrogen and oxygen atoms in total. The van der Waals surface area contributed by atoms with Gasteiger partial charge in [0.25, 0.3) is 0 Å². The fourth-order valence-electron chi connectivity index (χ4n) is 2.22. The van der Waals surface area contributed by atoms with Crippen molar-refractivity contribution in [3.05, 3.63) is 18.2 Å². The monoisotopic (exact) mass is 344 g/mol. The average molecular weight is 344 g/mol. The Morgan fingerprint density at radius 3 is 2.24 bits per heavy atom. The van der Waals surface area contributed by atoms with E-state index in [4.69, 9.17) is 7.85 Å². The first kappa shape index (κ1) is 22.7. The van der Waals surface area contributed by atoms with E-state index in [1.807, 2.05) is 47.6 Å². The Kier molecular flexibility index (Phi) is 10.2. The number of urea groups is 1. The number of carbonyl (C=O) groups is 2. The normalized spacial score (nSPS) is 12.8. The molecular weight excluding hydrogens is 315 g/mol. The van der Waals surface area contributed by atoms with Gasteiger partial charge in [0, 0.05) is 25.4 Å². The van der Waals surface area contributed by atoms with Crippen molar-refractivity contribution in [1.82, 2.24) is 15.1 Å². The lowest BCUT2D eigenvalue weighted by atomic mass is 9.95. The minimum absolute atomic E-state index is 0.259. The molecule has 3 rings (SSSR count). The average Bonchev–Trinajstić information content (AvgIpc) is 2.96. The quantitative estimate of drug-likeness (QED) is 0.809. The summed E-state index contributed by atoms with van der Waals surface area (Å²) in [7, 11) is 7.54. The van der Waals surface area contributed by atoms with Gasteiger partial charge < -0.3 is 0 Å². The van der Waals surface area contributed by atoms with E-state index in [0.29, 0.717) is 17.8 Å². The van der Waals surface area contributed by atoms with Gasteiger partial charge in [-0.25, -0.2) is 4.79 Å². The molecule has 2 aromatic rings. The van der Waals surface area contributed by atoms with E-state index in [1.165, 1.54) is 4.90 Å². The minimum atomic E-state index is -0.437. The third kappa shape index (κ3) is 5.34. The number of carbonyl (C=O) groups excluding carboxylic acids is 2. The number of aromatic nitrogens is 2. The molecule has 136 valence electrons. The van der Waals surface area contributed by atoms with Crippen molar-refractivity contribution in [1.29, 1.82) is 0 Å². The topological polar surface area (TPSA) is 67.2 Å². The number of aryl methyl sites for hydroxylation is 1. The molecule has 0 bridgehead atoms. The van der Waals surface area contributed by atoms with Crippen LogP contribution in [0.15, 0.2) is 18.2 Å². The van der Waals surface area contributed by atoms with E-state index in [1.54, 1.807) is 23.9 Å². The number of fused-ring (bicyclic) bond motifs is 1. The zero-order chi connectivity index (χ0) is 19.6. The van der Waals surface area contributed by atoms with Crippen molar-refractivity contribution >= 4 is 42.0 Å². The summed E-state index contributed by atoms with van der Waals surface area (Å²) in [5, 5.41) is 7.47. The van der Waals surface area contributed by atoms with Crippen LogP contribution in [0.25, 0.3) is 10.9 Å². The predicted molar refractivity (Wildman–Crippen MR) is 106 cm³/mol. The summed E-state index contributed by atoms with van der Waals surface area (Å²) in [6.07, 6.45) is 0.277. The first-order chi connectivity index (χ1) is 12.1. The van der Waals surface area contributed by atoms with Crippen LogP contribution >= 0.6 is 0 Å². The van der Waals surface area contributed by atoms with Gasteiger partial charge in [0.05, 0.1) is 5.52 Å². The van der Waals surface area contributed by atoms with E-state index < -0.39 is 6.03 Å². The van der Waals surface area contributed by atoms with Crippen molar-refractivity contribution < 1.29 is 9.59 Å². The van der Waals surface area contributed by atoms with Crippen LogP contribution in [0.2, 0.25) is 0 Å². The van der Waals surface area contributed by atoms with Crippen LogP contribution in [0.3, 0.4) is 0 Å². The van der Waals surface area contributed by atoms with E-state index in [0.717, 1.165) is 10.9 Å². The summed E-state index contributed by atoms with van der Waals surface area (Å²) < 4.78 is 1.67. The van der Waals surface area contributed by atoms with Gasteiger partial charge in [-0.05, 0) is 12.1 Å². The molecular formula is C18H29BN4O2. The van der Waals surface area contributed by atoms with Gasteiger partial charge in [-0.2, -0.15) is 5.10 Å². The standard InChI is InChI=1S/C12H11BN4O2.3C2H6/c1-16-9-6-7(13)2-3-8(9)11(15-16)17-5-4-10(18)14-12(17)19;3*1-2/h2-3,6H,4-5H2,1H3,(H,14,18,19);3*1-2H3. The molecule has 0 unspecified atom stereocenters. The third-order valence-electron chi connectivity index (χ3n) is 3.17. The number of hydrogen-bond donors (Lipinski definition) is 1. The maximum absolute atomic E-state index is 11.8. The van der Waals surface area contributed by atoms with Crippen LogP contribution in [-0.2, 0) is 11.8 Å². The molecule has 2 radical (unpaired) electrons. The second-order valence-corrected chi connectivity index (χ2v) is 4.48. The molecule has 1 aliphatic heterocycles. The van der Waals surface area contributed by atoms with E-state index >= 15 is 0 Å². The Balaban J connectivity index is 0.000000871. The van der Waals surface area contributed by atoms with Gasteiger partial charge in [-0.1, -0.05) is 53.1 Å². The van der Waals surface area contributed by atoms with E-state index in [9.17, 15) is 9.59 Å². The Morgan fingerprint density at radius 2 is 1.68 bits per heavy atom. The minimum Gasteiger partial charge on any atom is -0.278 e. The molecule has 1 fully saturated rings. The summed E-state index contributed by atoms with van der Waals surface area (Å²) >= 11 is 0. The van der Waals surface area contributed by atoms with Crippen LogP contribution in [0.5, 0.6) is 0 Å². The van der Waals surface area contributed by atoms with Gasteiger partial charge in [-0.3, -0.25) is 19.7 Å². The molecule has 0 aliphatic carbocycles. The zero-order valence-electron chi connectivity index (χ0n) is 16.4.